The molecule has 1 aromatic heterocycles. The summed E-state index contributed by atoms with van der Waals surface area (Å²) in [5, 5.41) is 6.05. The van der Waals surface area contributed by atoms with Gasteiger partial charge < -0.3 is 24.8 Å². The van der Waals surface area contributed by atoms with Gasteiger partial charge >= 0.3 is 12.3 Å². The largest absolute Gasteiger partial charge is 0.586 e. The number of fused-ring (bicyclic) bond motifs is 2. The van der Waals surface area contributed by atoms with Gasteiger partial charge in [0, 0.05) is 35.9 Å². The third-order valence-corrected chi connectivity index (χ3v) is 4.52. The Morgan fingerprint density at radius 2 is 1.90 bits per heavy atom. The van der Waals surface area contributed by atoms with E-state index in [1.54, 1.807) is 25.1 Å². The molecule has 0 atom stereocenters. The van der Waals surface area contributed by atoms with Gasteiger partial charge in [0.2, 0.25) is 0 Å². The second kappa shape index (κ2) is 7.71. The van der Waals surface area contributed by atoms with Crippen molar-refractivity contribution in [2.75, 3.05) is 19.0 Å². The summed E-state index contributed by atoms with van der Waals surface area (Å²) in [7, 11) is 1.50. The van der Waals surface area contributed by atoms with E-state index in [0.717, 1.165) is 0 Å². The second-order valence-electron chi connectivity index (χ2n) is 6.53. The molecular weight excluding hydrogens is 412 g/mol. The molecule has 0 fully saturated rings. The van der Waals surface area contributed by atoms with Gasteiger partial charge in [-0.25, -0.2) is 4.79 Å². The summed E-state index contributed by atoms with van der Waals surface area (Å²) in [6.45, 7) is 1.81. The second-order valence-corrected chi connectivity index (χ2v) is 6.53. The first-order valence-corrected chi connectivity index (χ1v) is 9.30. The van der Waals surface area contributed by atoms with Crippen molar-refractivity contribution in [1.82, 2.24) is 10.3 Å². The predicted octanol–water partition coefficient (Wildman–Crippen LogP) is 3.84. The maximum atomic E-state index is 13.3. The van der Waals surface area contributed by atoms with Gasteiger partial charge in [0.05, 0.1) is 17.8 Å². The SMILES string of the molecule is CCOC(=O)c1cnc2ccc(C(=O)NC)cc2c1Nc1ccc2c(c1)OC(F)(F)O2. The van der Waals surface area contributed by atoms with Crippen LogP contribution in [0.25, 0.3) is 10.9 Å². The molecule has 8 nitrogen and oxygen atoms in total. The van der Waals surface area contributed by atoms with Gasteiger partial charge in [-0.1, -0.05) is 0 Å². The zero-order valence-electron chi connectivity index (χ0n) is 16.5. The zero-order valence-corrected chi connectivity index (χ0v) is 16.5. The number of aromatic nitrogens is 1. The lowest BCUT2D eigenvalue weighted by atomic mass is 10.1. The summed E-state index contributed by atoms with van der Waals surface area (Å²) in [5.74, 6) is -1.21. The maximum Gasteiger partial charge on any atom is 0.586 e. The molecule has 1 aliphatic rings. The molecule has 2 N–H and O–H groups in total. The first kappa shape index (κ1) is 20.3. The van der Waals surface area contributed by atoms with Gasteiger partial charge in [0.15, 0.2) is 11.5 Å². The molecule has 10 heteroatoms. The number of benzene rings is 2. The molecule has 2 aromatic carbocycles. The lowest BCUT2D eigenvalue weighted by Gasteiger charge is -2.15. The number of rotatable bonds is 5. The van der Waals surface area contributed by atoms with Gasteiger partial charge in [-0.15, -0.1) is 8.78 Å². The van der Waals surface area contributed by atoms with Crippen LogP contribution in [-0.4, -0.2) is 36.8 Å². The van der Waals surface area contributed by atoms with E-state index in [-0.39, 0.29) is 29.6 Å². The number of ether oxygens (including phenoxy) is 3. The zero-order chi connectivity index (χ0) is 22.2. The van der Waals surface area contributed by atoms with Gasteiger partial charge in [0.25, 0.3) is 5.91 Å². The number of nitrogens with zero attached hydrogens (tertiary/aromatic N) is 1. The molecule has 0 saturated heterocycles. The standard InChI is InChI=1S/C21H17F2N3O5/c1-3-29-20(28)14-10-25-15-6-4-11(19(27)24-2)8-13(15)18(14)26-12-5-7-16-17(9-12)31-21(22,23)30-16/h4-10H,3H2,1-2H3,(H,24,27)(H,25,26). The van der Waals surface area contributed by atoms with Crippen LogP contribution >= 0.6 is 0 Å². The van der Waals surface area contributed by atoms with Crippen molar-refractivity contribution in [1.29, 1.82) is 0 Å². The van der Waals surface area contributed by atoms with Crippen LogP contribution in [0, 0.1) is 0 Å². The van der Waals surface area contributed by atoms with Crippen LogP contribution in [0.4, 0.5) is 20.2 Å². The first-order chi connectivity index (χ1) is 14.8. The Kier molecular flexibility index (Phi) is 5.05. The number of carbonyl (C=O) groups excluding carboxylic acids is 2. The van der Waals surface area contributed by atoms with E-state index in [9.17, 15) is 18.4 Å². The number of esters is 1. The van der Waals surface area contributed by atoms with Crippen LogP contribution in [0.15, 0.2) is 42.6 Å². The molecule has 160 valence electrons. The molecule has 0 radical (unpaired) electrons. The summed E-state index contributed by atoms with van der Waals surface area (Å²) < 4.78 is 40.7. The Bertz CT molecular complexity index is 1200. The third-order valence-electron chi connectivity index (χ3n) is 4.52. The maximum absolute atomic E-state index is 13.3. The predicted molar refractivity (Wildman–Crippen MR) is 107 cm³/mol. The van der Waals surface area contributed by atoms with Gasteiger partial charge in [-0.05, 0) is 37.3 Å². The van der Waals surface area contributed by atoms with Crippen molar-refractivity contribution in [3.8, 4) is 11.5 Å². The molecule has 31 heavy (non-hydrogen) atoms. The molecular formula is C21H17F2N3O5. The Balaban J connectivity index is 1.83. The summed E-state index contributed by atoms with van der Waals surface area (Å²) in [6, 6.07) is 8.95. The van der Waals surface area contributed by atoms with Crippen molar-refractivity contribution in [3.63, 3.8) is 0 Å². The number of anilines is 2. The molecule has 3 aromatic rings. The Morgan fingerprint density at radius 1 is 1.13 bits per heavy atom. The minimum absolute atomic E-state index is 0.109. The fourth-order valence-electron chi connectivity index (χ4n) is 3.15. The molecule has 4 rings (SSSR count). The number of carbonyl (C=O) groups is 2. The number of hydrogen-bond donors (Lipinski definition) is 2. The highest BCUT2D eigenvalue weighted by molar-refractivity contribution is 6.08. The van der Waals surface area contributed by atoms with E-state index in [0.29, 0.717) is 27.8 Å². The van der Waals surface area contributed by atoms with Crippen LogP contribution < -0.4 is 20.1 Å². The van der Waals surface area contributed by atoms with Crippen molar-refractivity contribution in [3.05, 3.63) is 53.7 Å². The highest BCUT2D eigenvalue weighted by atomic mass is 19.3. The summed E-state index contributed by atoms with van der Waals surface area (Å²) >= 11 is 0. The number of alkyl halides is 2. The summed E-state index contributed by atoms with van der Waals surface area (Å²) in [6.07, 6.45) is -2.40. The van der Waals surface area contributed by atoms with Crippen LogP contribution in [0.2, 0.25) is 0 Å². The molecule has 0 bridgehead atoms. The van der Waals surface area contributed by atoms with Crippen LogP contribution in [0.5, 0.6) is 11.5 Å². The average Bonchev–Trinajstić information content (AvgIpc) is 3.06. The van der Waals surface area contributed by atoms with Crippen molar-refractivity contribution < 1.29 is 32.6 Å². The Morgan fingerprint density at radius 3 is 2.65 bits per heavy atom. The van der Waals surface area contributed by atoms with Crippen molar-refractivity contribution in [2.45, 2.75) is 13.2 Å². The number of amides is 1. The number of halogens is 2. The number of pyridine rings is 1. The average molecular weight is 429 g/mol. The van der Waals surface area contributed by atoms with Gasteiger partial charge in [0.1, 0.15) is 5.56 Å². The highest BCUT2D eigenvalue weighted by Gasteiger charge is 2.43. The summed E-state index contributed by atoms with van der Waals surface area (Å²) in [4.78, 5) is 28.9. The number of hydrogen-bond acceptors (Lipinski definition) is 7. The van der Waals surface area contributed by atoms with Crippen molar-refractivity contribution >= 4 is 34.2 Å². The Labute approximate surface area is 175 Å². The van der Waals surface area contributed by atoms with Crippen LogP contribution in [0.3, 0.4) is 0 Å². The lowest BCUT2D eigenvalue weighted by molar-refractivity contribution is -0.286. The molecule has 1 aliphatic heterocycles. The highest BCUT2D eigenvalue weighted by Crippen LogP contribution is 2.43. The Hall–Kier alpha value is -3.95. The molecule has 1 amide bonds. The molecule has 0 spiro atoms. The number of nitrogens with one attached hydrogen (secondary N) is 2. The van der Waals surface area contributed by atoms with E-state index in [2.05, 4.69) is 25.1 Å². The first-order valence-electron chi connectivity index (χ1n) is 9.30. The smallest absolute Gasteiger partial charge is 0.462 e. The van der Waals surface area contributed by atoms with Gasteiger partial charge in [-0.3, -0.25) is 9.78 Å². The van der Waals surface area contributed by atoms with Crippen LogP contribution in [0.1, 0.15) is 27.6 Å². The fraction of sp³-hybridized carbons (Fsp3) is 0.190. The minimum Gasteiger partial charge on any atom is -0.462 e. The van der Waals surface area contributed by atoms with E-state index in [1.165, 1.54) is 31.4 Å². The van der Waals surface area contributed by atoms with E-state index >= 15 is 0 Å². The monoisotopic (exact) mass is 429 g/mol. The topological polar surface area (TPSA) is 98.8 Å². The minimum atomic E-state index is -3.75. The molecule has 2 heterocycles. The lowest BCUT2D eigenvalue weighted by Crippen LogP contribution is -2.25. The van der Waals surface area contributed by atoms with E-state index in [4.69, 9.17) is 4.74 Å². The third kappa shape index (κ3) is 3.91. The van der Waals surface area contributed by atoms with Crippen molar-refractivity contribution in [2.24, 2.45) is 0 Å². The molecule has 0 unspecified atom stereocenters. The summed E-state index contributed by atoms with van der Waals surface area (Å²) in [5.41, 5.74) is 1.64. The van der Waals surface area contributed by atoms with E-state index in [1.807, 2.05) is 0 Å². The van der Waals surface area contributed by atoms with Gasteiger partial charge in [-0.2, -0.15) is 0 Å². The van der Waals surface area contributed by atoms with E-state index < -0.39 is 12.3 Å². The fourth-order valence-corrected chi connectivity index (χ4v) is 3.15. The molecule has 0 aliphatic carbocycles. The quantitative estimate of drug-likeness (QED) is 0.595. The molecule has 0 saturated carbocycles. The van der Waals surface area contributed by atoms with Crippen LogP contribution in [-0.2, 0) is 4.74 Å². The normalized spacial score (nSPS) is 13.7.